The second kappa shape index (κ2) is 5.55. The van der Waals surface area contributed by atoms with Crippen LogP contribution in [0.15, 0.2) is 30.5 Å². The fourth-order valence-electron chi connectivity index (χ4n) is 2.80. The van der Waals surface area contributed by atoms with E-state index in [0.717, 1.165) is 19.0 Å². The van der Waals surface area contributed by atoms with Gasteiger partial charge in [0, 0.05) is 23.6 Å². The van der Waals surface area contributed by atoms with Crippen LogP contribution in [-0.4, -0.2) is 24.6 Å². The normalized spacial score (nSPS) is 17.3. The van der Waals surface area contributed by atoms with Crippen LogP contribution < -0.4 is 10.6 Å². The second-order valence-corrected chi connectivity index (χ2v) is 5.18. The summed E-state index contributed by atoms with van der Waals surface area (Å²) in [4.78, 5) is 3.26. The summed E-state index contributed by atoms with van der Waals surface area (Å²) in [5, 5.41) is 8.37. The van der Waals surface area contributed by atoms with Gasteiger partial charge in [0.15, 0.2) is 0 Å². The molecule has 1 aliphatic heterocycles. The smallest absolute Gasteiger partial charge is 0.0457 e. The molecular weight excluding hydrogens is 222 g/mol. The zero-order valence-electron chi connectivity index (χ0n) is 10.7. The fourth-order valence-corrected chi connectivity index (χ4v) is 2.80. The van der Waals surface area contributed by atoms with Crippen molar-refractivity contribution in [2.24, 2.45) is 5.92 Å². The third-order valence-corrected chi connectivity index (χ3v) is 3.89. The number of benzene rings is 1. The number of aromatic nitrogens is 1. The first-order valence-corrected chi connectivity index (χ1v) is 6.90. The SMILES string of the molecule is c1cc(CNCC2CCNCC2)c2cc[nH]c2c1. The lowest BCUT2D eigenvalue weighted by atomic mass is 9.98. The maximum absolute atomic E-state index is 3.61. The summed E-state index contributed by atoms with van der Waals surface area (Å²) in [5.41, 5.74) is 2.62. The molecule has 3 heteroatoms. The average Bonchev–Trinajstić information content (AvgIpc) is 2.89. The van der Waals surface area contributed by atoms with Crippen molar-refractivity contribution in [3.8, 4) is 0 Å². The third-order valence-electron chi connectivity index (χ3n) is 3.89. The summed E-state index contributed by atoms with van der Waals surface area (Å²) in [6.07, 6.45) is 4.63. The van der Waals surface area contributed by atoms with Gasteiger partial charge in [-0.1, -0.05) is 12.1 Å². The van der Waals surface area contributed by atoms with E-state index in [1.165, 1.54) is 42.4 Å². The van der Waals surface area contributed by atoms with Crippen molar-refractivity contribution in [3.05, 3.63) is 36.0 Å². The monoisotopic (exact) mass is 243 g/mol. The number of nitrogens with one attached hydrogen (secondary N) is 3. The molecule has 3 rings (SSSR count). The largest absolute Gasteiger partial charge is 0.361 e. The number of aromatic amines is 1. The van der Waals surface area contributed by atoms with Crippen molar-refractivity contribution < 1.29 is 0 Å². The molecule has 0 aliphatic carbocycles. The molecule has 0 atom stereocenters. The van der Waals surface area contributed by atoms with Crippen molar-refractivity contribution in [1.82, 2.24) is 15.6 Å². The Morgan fingerprint density at radius 3 is 2.94 bits per heavy atom. The second-order valence-electron chi connectivity index (χ2n) is 5.18. The summed E-state index contributed by atoms with van der Waals surface area (Å²) in [6, 6.07) is 8.63. The quantitative estimate of drug-likeness (QED) is 0.771. The maximum Gasteiger partial charge on any atom is 0.0457 e. The lowest BCUT2D eigenvalue weighted by Crippen LogP contribution is -2.33. The van der Waals surface area contributed by atoms with E-state index in [0.29, 0.717) is 0 Å². The van der Waals surface area contributed by atoms with Crippen LogP contribution in [0, 0.1) is 5.92 Å². The molecule has 3 N–H and O–H groups in total. The molecule has 1 aromatic heterocycles. The van der Waals surface area contributed by atoms with Crippen LogP contribution in [0.5, 0.6) is 0 Å². The van der Waals surface area contributed by atoms with Crippen LogP contribution in [0.25, 0.3) is 10.9 Å². The molecule has 2 heterocycles. The van der Waals surface area contributed by atoms with Crippen LogP contribution in [0.1, 0.15) is 18.4 Å². The number of hydrogen-bond donors (Lipinski definition) is 3. The Bertz CT molecular complexity index is 497. The molecule has 0 bridgehead atoms. The first-order chi connectivity index (χ1) is 8.93. The van der Waals surface area contributed by atoms with Crippen molar-refractivity contribution in [2.45, 2.75) is 19.4 Å². The minimum atomic E-state index is 0.844. The van der Waals surface area contributed by atoms with E-state index < -0.39 is 0 Å². The summed E-state index contributed by atoms with van der Waals surface area (Å²) in [7, 11) is 0. The fraction of sp³-hybridized carbons (Fsp3) is 0.467. The van der Waals surface area contributed by atoms with E-state index in [2.05, 4.69) is 39.9 Å². The lowest BCUT2D eigenvalue weighted by molar-refractivity contribution is 0.356. The molecule has 3 nitrogen and oxygen atoms in total. The minimum Gasteiger partial charge on any atom is -0.361 e. The van der Waals surface area contributed by atoms with Crippen molar-refractivity contribution in [2.75, 3.05) is 19.6 Å². The summed E-state index contributed by atoms with van der Waals surface area (Å²) in [5.74, 6) is 0.844. The Kier molecular flexibility index (Phi) is 3.62. The number of rotatable bonds is 4. The standard InChI is InChI=1S/C15H21N3/c1-2-13(14-6-9-18-15(14)3-1)11-17-10-12-4-7-16-8-5-12/h1-3,6,9,12,16-18H,4-5,7-8,10-11H2. The Morgan fingerprint density at radius 2 is 2.06 bits per heavy atom. The lowest BCUT2D eigenvalue weighted by Gasteiger charge is -2.22. The molecule has 0 spiro atoms. The predicted octanol–water partition coefficient (Wildman–Crippen LogP) is 2.26. The Labute approximate surface area is 108 Å². The van der Waals surface area contributed by atoms with Gasteiger partial charge in [0.1, 0.15) is 0 Å². The summed E-state index contributed by atoms with van der Waals surface area (Å²) >= 11 is 0. The first kappa shape index (κ1) is 11.8. The molecular formula is C15H21N3. The van der Waals surface area contributed by atoms with Crippen molar-refractivity contribution >= 4 is 10.9 Å². The zero-order chi connectivity index (χ0) is 12.2. The van der Waals surface area contributed by atoms with Gasteiger partial charge in [-0.2, -0.15) is 0 Å². The van der Waals surface area contributed by atoms with E-state index in [-0.39, 0.29) is 0 Å². The molecule has 1 aromatic carbocycles. The molecule has 0 radical (unpaired) electrons. The van der Waals surface area contributed by atoms with Crippen LogP contribution in [0.4, 0.5) is 0 Å². The van der Waals surface area contributed by atoms with Gasteiger partial charge in [-0.3, -0.25) is 0 Å². The Hall–Kier alpha value is -1.32. The summed E-state index contributed by atoms with van der Waals surface area (Å²) in [6.45, 7) is 4.47. The molecule has 0 saturated carbocycles. The molecule has 96 valence electrons. The molecule has 18 heavy (non-hydrogen) atoms. The van der Waals surface area contributed by atoms with Crippen molar-refractivity contribution in [1.29, 1.82) is 0 Å². The summed E-state index contributed by atoms with van der Waals surface area (Å²) < 4.78 is 0. The van der Waals surface area contributed by atoms with Gasteiger partial charge in [-0.05, 0) is 56.1 Å². The van der Waals surface area contributed by atoms with Crippen LogP contribution in [-0.2, 0) is 6.54 Å². The zero-order valence-corrected chi connectivity index (χ0v) is 10.7. The first-order valence-electron chi connectivity index (χ1n) is 6.90. The van der Waals surface area contributed by atoms with Crippen molar-refractivity contribution in [3.63, 3.8) is 0 Å². The Morgan fingerprint density at radius 1 is 1.17 bits per heavy atom. The highest BCUT2D eigenvalue weighted by atomic mass is 14.9. The highest BCUT2D eigenvalue weighted by molar-refractivity contribution is 5.82. The Balaban J connectivity index is 1.57. The molecule has 1 saturated heterocycles. The van der Waals surface area contributed by atoms with E-state index in [1.54, 1.807) is 0 Å². The van der Waals surface area contributed by atoms with Gasteiger partial charge in [0.05, 0.1) is 0 Å². The topological polar surface area (TPSA) is 39.8 Å². The van der Waals surface area contributed by atoms with Gasteiger partial charge in [-0.25, -0.2) is 0 Å². The molecule has 1 fully saturated rings. The molecule has 0 unspecified atom stereocenters. The highest BCUT2D eigenvalue weighted by Gasteiger charge is 2.12. The maximum atomic E-state index is 3.61. The van der Waals surface area contributed by atoms with Gasteiger partial charge in [0.25, 0.3) is 0 Å². The third kappa shape index (κ3) is 2.57. The van der Waals surface area contributed by atoms with Crippen LogP contribution in [0.3, 0.4) is 0 Å². The number of H-pyrrole nitrogens is 1. The van der Waals surface area contributed by atoms with E-state index in [4.69, 9.17) is 0 Å². The van der Waals surface area contributed by atoms with Crippen LogP contribution >= 0.6 is 0 Å². The van der Waals surface area contributed by atoms with Gasteiger partial charge >= 0.3 is 0 Å². The number of hydrogen-bond acceptors (Lipinski definition) is 2. The molecule has 0 amide bonds. The van der Waals surface area contributed by atoms with Gasteiger partial charge < -0.3 is 15.6 Å². The highest BCUT2D eigenvalue weighted by Crippen LogP contribution is 2.17. The number of fused-ring (bicyclic) bond motifs is 1. The molecule has 1 aliphatic rings. The van der Waals surface area contributed by atoms with Gasteiger partial charge in [0.2, 0.25) is 0 Å². The van der Waals surface area contributed by atoms with E-state index >= 15 is 0 Å². The average molecular weight is 243 g/mol. The van der Waals surface area contributed by atoms with E-state index in [1.807, 2.05) is 6.20 Å². The van der Waals surface area contributed by atoms with Crippen LogP contribution in [0.2, 0.25) is 0 Å². The minimum absolute atomic E-state index is 0.844. The van der Waals surface area contributed by atoms with E-state index in [9.17, 15) is 0 Å². The van der Waals surface area contributed by atoms with Gasteiger partial charge in [-0.15, -0.1) is 0 Å². The predicted molar refractivity (Wildman–Crippen MR) is 75.6 cm³/mol. The number of piperidine rings is 1. The molecule has 2 aromatic rings.